The SMILES string of the molecule is N=C(N)NCC/C=C(\NC(=O)[C@H](CCCCN)NC(=O)[C@H](Cc1cnc[nH]1)NC(=O)[C@@H]1CCCN1C(=O)/C(CCCN)=N/C(=O)CNC(=O)[C@H](Cc1cnc[nH]1)NC(=O)[C@@H](NC(=O)[C@@H](N)CCCCN)[C@@H](O)CN)C(=O)O. The molecule has 426 valence electrons. The van der Waals surface area contributed by atoms with E-state index in [9.17, 15) is 53.4 Å². The van der Waals surface area contributed by atoms with Gasteiger partial charge in [0.1, 0.15) is 41.6 Å². The van der Waals surface area contributed by atoms with Crippen molar-refractivity contribution in [2.45, 2.75) is 126 Å². The Morgan fingerprint density at radius 2 is 1.39 bits per heavy atom. The summed E-state index contributed by atoms with van der Waals surface area (Å²) in [5.41, 5.74) is 33.9. The minimum atomic E-state index is -1.64. The second-order valence-electron chi connectivity index (χ2n) is 18.0. The lowest BCUT2D eigenvalue weighted by Gasteiger charge is -2.27. The number of guanidine groups is 1. The van der Waals surface area contributed by atoms with Crippen LogP contribution < -0.4 is 71.6 Å². The van der Waals surface area contributed by atoms with E-state index in [1.807, 2.05) is 0 Å². The fourth-order valence-electron chi connectivity index (χ4n) is 7.83. The van der Waals surface area contributed by atoms with Gasteiger partial charge in [-0.3, -0.25) is 43.8 Å². The highest BCUT2D eigenvalue weighted by Gasteiger charge is 2.39. The molecule has 2 aromatic heterocycles. The number of aliphatic hydroxyl groups is 1. The van der Waals surface area contributed by atoms with Crippen molar-refractivity contribution in [1.82, 2.24) is 62.1 Å². The standard InChI is InChI=1S/C46H76N20O11/c47-13-3-1-8-28(51)38(69)65-37(35(67)20-50)43(74)64-32(18-26-21-54-24-58-26)39(70)57-23-36(68)60-30(10-5-15-49)44(75)66-17-7-12-34(66)42(73)63-33(19-27-22-55-25-59-27)41(72)61-29(9-2-4-14-48)40(71)62-31(45(76)77)11-6-16-56-46(52)53/h11,21-22,24-25,28-29,32-35,37,67H,1-10,12-20,23,47-51H2,(H,54,58)(H,55,59)(H,57,70)(H,61,72)(H,62,71)(H,63,73)(H,64,74)(H,65,69)(H,76,77)(H4,52,53,56)/b31-11-,60-30+/t28-,29-,32-,33-,34-,35-,37-/m0/s1. The number of aromatic amines is 2. The molecule has 0 spiro atoms. The Morgan fingerprint density at radius 1 is 0.779 bits per heavy atom. The first-order valence-electron chi connectivity index (χ1n) is 25.2. The predicted molar refractivity (Wildman–Crippen MR) is 278 cm³/mol. The highest BCUT2D eigenvalue weighted by molar-refractivity contribution is 6.40. The van der Waals surface area contributed by atoms with Crippen molar-refractivity contribution in [1.29, 1.82) is 5.41 Å². The van der Waals surface area contributed by atoms with Crippen LogP contribution in [0.25, 0.3) is 0 Å². The molecular weight excluding hydrogens is 1010 g/mol. The van der Waals surface area contributed by atoms with Gasteiger partial charge < -0.3 is 96.7 Å². The number of aliphatic imine (C=N–C) groups is 1. The Kier molecular flexibility index (Phi) is 28.1. The van der Waals surface area contributed by atoms with Crippen molar-refractivity contribution >= 4 is 64.9 Å². The summed E-state index contributed by atoms with van der Waals surface area (Å²) in [7, 11) is 0. The smallest absolute Gasteiger partial charge is 0.352 e. The van der Waals surface area contributed by atoms with Crippen LogP contribution >= 0.6 is 0 Å². The molecule has 0 radical (unpaired) electrons. The second-order valence-corrected chi connectivity index (χ2v) is 18.0. The largest absolute Gasteiger partial charge is 0.477 e. The maximum Gasteiger partial charge on any atom is 0.352 e. The van der Waals surface area contributed by atoms with Gasteiger partial charge in [0.05, 0.1) is 31.3 Å². The number of aliphatic hydroxyl groups excluding tert-OH is 1. The fraction of sp³-hybridized carbons (Fsp3) is 0.587. The molecule has 1 aliphatic heterocycles. The molecule has 0 aliphatic carbocycles. The molecule has 0 aromatic carbocycles. The third-order valence-corrected chi connectivity index (χ3v) is 12.0. The Labute approximate surface area is 444 Å². The molecule has 0 saturated carbocycles. The van der Waals surface area contributed by atoms with E-state index in [0.717, 1.165) is 0 Å². The minimum absolute atomic E-state index is 0.0348. The van der Waals surface area contributed by atoms with Crippen molar-refractivity contribution in [3.8, 4) is 0 Å². The molecule has 0 unspecified atom stereocenters. The average molecular weight is 1090 g/mol. The molecule has 3 heterocycles. The number of carbonyl (C=O) groups excluding carboxylic acids is 8. The lowest BCUT2D eigenvalue weighted by atomic mass is 10.1. The second kappa shape index (κ2) is 34.1. The summed E-state index contributed by atoms with van der Waals surface area (Å²) < 4.78 is 0. The monoisotopic (exact) mass is 1080 g/mol. The number of hydrogen-bond donors (Lipinski definition) is 18. The highest BCUT2D eigenvalue weighted by Crippen LogP contribution is 2.20. The summed E-state index contributed by atoms with van der Waals surface area (Å²) in [5.74, 6) is -8.70. The molecular formula is C46H76N20O11. The quantitative estimate of drug-likeness (QED) is 0.0132. The van der Waals surface area contributed by atoms with Crippen molar-refractivity contribution in [3.05, 3.63) is 48.2 Å². The normalized spacial score (nSPS) is 15.9. The van der Waals surface area contributed by atoms with Crippen LogP contribution in [-0.2, 0) is 56.0 Å². The molecule has 8 amide bonds. The Balaban J connectivity index is 1.81. The molecule has 1 aliphatic rings. The van der Waals surface area contributed by atoms with Crippen LogP contribution in [0.3, 0.4) is 0 Å². The number of nitrogens with two attached hydrogens (primary N) is 6. The van der Waals surface area contributed by atoms with E-state index in [1.54, 1.807) is 0 Å². The maximum absolute atomic E-state index is 14.2. The predicted octanol–water partition coefficient (Wildman–Crippen LogP) is -6.47. The van der Waals surface area contributed by atoms with Crippen LogP contribution in [0.1, 0.15) is 82.0 Å². The summed E-state index contributed by atoms with van der Waals surface area (Å²) >= 11 is 0. The number of aromatic nitrogens is 4. The summed E-state index contributed by atoms with van der Waals surface area (Å²) in [6, 6.07) is -7.96. The van der Waals surface area contributed by atoms with E-state index in [-0.39, 0.29) is 89.2 Å². The lowest BCUT2D eigenvalue weighted by Crippen LogP contribution is -2.61. The topological polar surface area (TPSA) is 531 Å². The van der Waals surface area contributed by atoms with Gasteiger partial charge >= 0.3 is 5.97 Å². The maximum atomic E-state index is 14.2. The average Bonchev–Trinajstić information content (AvgIpc) is 4.23. The number of amides is 8. The number of H-pyrrole nitrogens is 2. The first kappa shape index (κ1) is 63.6. The number of rotatable bonds is 35. The van der Waals surface area contributed by atoms with E-state index in [0.29, 0.717) is 50.0 Å². The molecule has 1 saturated heterocycles. The molecule has 3 rings (SSSR count). The highest BCUT2D eigenvalue weighted by atomic mass is 16.4. The molecule has 77 heavy (non-hydrogen) atoms. The number of carbonyl (C=O) groups is 9. The van der Waals surface area contributed by atoms with Gasteiger partial charge in [-0.25, -0.2) is 19.8 Å². The van der Waals surface area contributed by atoms with E-state index < -0.39 is 114 Å². The van der Waals surface area contributed by atoms with Crippen molar-refractivity contribution < 1.29 is 53.4 Å². The first-order valence-corrected chi connectivity index (χ1v) is 25.2. The Bertz CT molecular complexity index is 2330. The summed E-state index contributed by atoms with van der Waals surface area (Å²) in [5, 5.41) is 45.1. The Hall–Kier alpha value is -7.71. The van der Waals surface area contributed by atoms with Gasteiger partial charge in [0, 0.05) is 56.3 Å². The van der Waals surface area contributed by atoms with Crippen LogP contribution in [0.15, 0.2) is 41.8 Å². The third-order valence-electron chi connectivity index (χ3n) is 12.0. The number of nitrogens with one attached hydrogen (secondary N) is 10. The molecule has 0 bridgehead atoms. The first-order chi connectivity index (χ1) is 36.8. The molecule has 2 aromatic rings. The number of imidazole rings is 2. The zero-order valence-corrected chi connectivity index (χ0v) is 42.9. The molecule has 24 N–H and O–H groups in total. The number of nitrogens with zero attached hydrogens (tertiary/aromatic N) is 4. The minimum Gasteiger partial charge on any atom is -0.477 e. The molecule has 31 heteroatoms. The number of aliphatic carboxylic acids is 1. The van der Waals surface area contributed by atoms with Crippen LogP contribution in [-0.4, -0.2) is 188 Å². The van der Waals surface area contributed by atoms with Gasteiger partial charge in [0.2, 0.25) is 35.4 Å². The van der Waals surface area contributed by atoms with Gasteiger partial charge in [-0.05, 0) is 83.8 Å². The third kappa shape index (κ3) is 22.2. The van der Waals surface area contributed by atoms with Gasteiger partial charge in [-0.2, -0.15) is 0 Å². The van der Waals surface area contributed by atoms with Crippen LogP contribution in [0.2, 0.25) is 0 Å². The lowest BCUT2D eigenvalue weighted by molar-refractivity contribution is -0.137. The number of unbranched alkanes of at least 4 members (excludes halogenated alkanes) is 2. The van der Waals surface area contributed by atoms with Crippen LogP contribution in [0, 0.1) is 5.41 Å². The summed E-state index contributed by atoms with van der Waals surface area (Å²) in [4.78, 5) is 141. The number of carboxylic acids is 1. The van der Waals surface area contributed by atoms with Crippen molar-refractivity contribution in [2.75, 3.05) is 45.8 Å². The van der Waals surface area contributed by atoms with Crippen molar-refractivity contribution in [2.24, 2.45) is 39.4 Å². The van der Waals surface area contributed by atoms with Crippen LogP contribution in [0.5, 0.6) is 0 Å². The molecule has 7 atom stereocenters. The van der Waals surface area contributed by atoms with Gasteiger partial charge in [-0.15, -0.1) is 0 Å². The Morgan fingerprint density at radius 3 is 1.96 bits per heavy atom. The van der Waals surface area contributed by atoms with Crippen LogP contribution in [0.4, 0.5) is 0 Å². The van der Waals surface area contributed by atoms with Gasteiger partial charge in [0.15, 0.2) is 5.96 Å². The van der Waals surface area contributed by atoms with Gasteiger partial charge in [0.25, 0.3) is 11.8 Å². The zero-order valence-electron chi connectivity index (χ0n) is 42.9. The van der Waals surface area contributed by atoms with E-state index in [2.05, 4.69) is 62.1 Å². The van der Waals surface area contributed by atoms with E-state index in [4.69, 9.17) is 39.8 Å². The summed E-state index contributed by atoms with van der Waals surface area (Å²) in [6.45, 7) is -0.358. The van der Waals surface area contributed by atoms with E-state index in [1.165, 1.54) is 36.0 Å². The zero-order chi connectivity index (χ0) is 56.9. The number of likely N-dealkylation sites (tertiary alicyclic amines) is 1. The number of hydrogen-bond acceptors (Lipinski definition) is 18. The van der Waals surface area contributed by atoms with E-state index >= 15 is 0 Å². The molecule has 1 fully saturated rings. The molecule has 31 nitrogen and oxygen atoms in total. The fourth-order valence-corrected chi connectivity index (χ4v) is 7.83. The summed E-state index contributed by atoms with van der Waals surface area (Å²) in [6.07, 6.45) is 7.57. The van der Waals surface area contributed by atoms with Crippen molar-refractivity contribution in [3.63, 3.8) is 0 Å². The number of carboxylic acid groups (broad SMARTS) is 1. The van der Waals surface area contributed by atoms with Gasteiger partial charge in [-0.1, -0.05) is 12.5 Å².